The molecule has 140 valence electrons. The molecule has 0 spiro atoms. The molecule has 0 bridgehead atoms. The summed E-state index contributed by atoms with van der Waals surface area (Å²) < 4.78 is 0.952. The number of hydrogen-bond acceptors (Lipinski definition) is 3. The van der Waals surface area contributed by atoms with Crippen LogP contribution in [0.4, 0.5) is 11.4 Å². The van der Waals surface area contributed by atoms with Crippen LogP contribution in [0.15, 0.2) is 71.2 Å². The molecule has 0 aliphatic carbocycles. The van der Waals surface area contributed by atoms with E-state index in [1.165, 1.54) is 0 Å². The smallest absolute Gasteiger partial charge is 0.255 e. The van der Waals surface area contributed by atoms with E-state index in [9.17, 15) is 9.59 Å². The van der Waals surface area contributed by atoms with E-state index in [0.29, 0.717) is 30.0 Å². The number of carbonyl (C=O) groups excluding carboxylic acids is 2. The Bertz CT molecular complexity index is 1060. The van der Waals surface area contributed by atoms with Crippen LogP contribution in [0.25, 0.3) is 0 Å². The number of rotatable bonds is 4. The summed E-state index contributed by atoms with van der Waals surface area (Å²) in [5.74, 6) is -0.198. The molecule has 0 radical (unpaired) electrons. The number of para-hydroxylation sites is 2. The van der Waals surface area contributed by atoms with E-state index in [4.69, 9.17) is 5.73 Å². The molecule has 28 heavy (non-hydrogen) atoms. The Morgan fingerprint density at radius 1 is 1.04 bits per heavy atom. The molecule has 1 aliphatic heterocycles. The first-order chi connectivity index (χ1) is 13.5. The Labute approximate surface area is 171 Å². The Morgan fingerprint density at radius 2 is 1.79 bits per heavy atom. The molecule has 3 aromatic rings. The van der Waals surface area contributed by atoms with Crippen molar-refractivity contribution in [2.75, 3.05) is 11.1 Å². The number of amides is 2. The number of carbonyl (C=O) groups is 2. The first kappa shape index (κ1) is 18.3. The molecule has 5 nitrogen and oxygen atoms in total. The van der Waals surface area contributed by atoms with Gasteiger partial charge in [-0.15, -0.1) is 0 Å². The molecule has 0 unspecified atom stereocenters. The molecule has 0 fully saturated rings. The monoisotopic (exact) mass is 435 g/mol. The number of nitrogens with two attached hydrogens (primary N) is 1. The highest BCUT2D eigenvalue weighted by Gasteiger charge is 2.28. The zero-order valence-electron chi connectivity index (χ0n) is 15.0. The van der Waals surface area contributed by atoms with Crippen LogP contribution in [0, 0.1) is 0 Å². The van der Waals surface area contributed by atoms with Crippen LogP contribution < -0.4 is 11.1 Å². The van der Waals surface area contributed by atoms with Crippen LogP contribution >= 0.6 is 15.9 Å². The van der Waals surface area contributed by atoms with Crippen molar-refractivity contribution in [1.82, 2.24) is 4.90 Å². The summed E-state index contributed by atoms with van der Waals surface area (Å²) in [4.78, 5) is 26.8. The molecule has 3 aromatic carbocycles. The molecule has 0 saturated carbocycles. The fraction of sp³-hybridized carbons (Fsp3) is 0.0909. The van der Waals surface area contributed by atoms with E-state index < -0.39 is 0 Å². The van der Waals surface area contributed by atoms with Gasteiger partial charge < -0.3 is 16.0 Å². The minimum atomic E-state index is -0.224. The highest BCUT2D eigenvalue weighted by atomic mass is 79.9. The van der Waals surface area contributed by atoms with E-state index in [-0.39, 0.29) is 11.8 Å². The number of nitrogens with zero attached hydrogens (tertiary/aromatic N) is 1. The molecule has 3 N–H and O–H groups in total. The van der Waals surface area contributed by atoms with Crippen LogP contribution in [0.2, 0.25) is 0 Å². The maximum atomic E-state index is 12.6. The molecule has 0 atom stereocenters. The van der Waals surface area contributed by atoms with E-state index >= 15 is 0 Å². The van der Waals surface area contributed by atoms with Crippen molar-refractivity contribution in [3.05, 3.63) is 93.5 Å². The van der Waals surface area contributed by atoms with Crippen LogP contribution in [0.1, 0.15) is 31.8 Å². The van der Waals surface area contributed by atoms with Gasteiger partial charge >= 0.3 is 0 Å². The lowest BCUT2D eigenvalue weighted by molar-refractivity contribution is 0.0766. The second-order valence-corrected chi connectivity index (χ2v) is 7.52. The Kier molecular flexibility index (Phi) is 4.88. The number of halogens is 1. The predicted octanol–water partition coefficient (Wildman–Crippen LogP) is 4.44. The van der Waals surface area contributed by atoms with Gasteiger partial charge in [0.1, 0.15) is 0 Å². The minimum absolute atomic E-state index is 0.0256. The summed E-state index contributed by atoms with van der Waals surface area (Å²) in [6.07, 6.45) is 0. The topological polar surface area (TPSA) is 75.4 Å². The standard InChI is InChI=1S/C22H18BrN3O2/c23-18-5-3-4-16-17(18)13-26(22(16)28)12-14-8-10-15(11-9-14)21(27)25-20-7-2-1-6-19(20)24/h1-11H,12-13,24H2,(H,25,27). The number of nitrogens with one attached hydrogen (secondary N) is 1. The summed E-state index contributed by atoms with van der Waals surface area (Å²) in [6, 6.07) is 20.1. The summed E-state index contributed by atoms with van der Waals surface area (Å²) in [5, 5.41) is 2.81. The number of fused-ring (bicyclic) bond motifs is 1. The zero-order chi connectivity index (χ0) is 19.7. The van der Waals surface area contributed by atoms with Gasteiger partial charge in [-0.2, -0.15) is 0 Å². The first-order valence-corrected chi connectivity index (χ1v) is 9.63. The number of nitrogen functional groups attached to an aromatic ring is 1. The lowest BCUT2D eigenvalue weighted by atomic mass is 10.1. The molecule has 2 amide bonds. The van der Waals surface area contributed by atoms with Gasteiger partial charge in [0.25, 0.3) is 11.8 Å². The van der Waals surface area contributed by atoms with E-state index in [1.807, 2.05) is 42.5 Å². The summed E-state index contributed by atoms with van der Waals surface area (Å²) in [6.45, 7) is 1.07. The summed E-state index contributed by atoms with van der Waals surface area (Å²) in [7, 11) is 0. The van der Waals surface area contributed by atoms with Crippen LogP contribution in [0.3, 0.4) is 0 Å². The third-order valence-corrected chi connectivity index (χ3v) is 5.53. The van der Waals surface area contributed by atoms with Crippen molar-refractivity contribution in [3.63, 3.8) is 0 Å². The van der Waals surface area contributed by atoms with Crippen LogP contribution in [-0.4, -0.2) is 16.7 Å². The van der Waals surface area contributed by atoms with Gasteiger partial charge in [0.05, 0.1) is 11.4 Å². The average Bonchev–Trinajstić information content (AvgIpc) is 3.01. The van der Waals surface area contributed by atoms with Gasteiger partial charge in [-0.05, 0) is 47.5 Å². The van der Waals surface area contributed by atoms with Crippen molar-refractivity contribution in [2.24, 2.45) is 0 Å². The largest absolute Gasteiger partial charge is 0.397 e. The van der Waals surface area contributed by atoms with E-state index in [0.717, 1.165) is 21.2 Å². The SMILES string of the molecule is Nc1ccccc1NC(=O)c1ccc(CN2Cc3c(Br)cccc3C2=O)cc1. The molecule has 6 heteroatoms. The van der Waals surface area contributed by atoms with E-state index in [1.54, 1.807) is 29.2 Å². The van der Waals surface area contributed by atoms with Gasteiger partial charge in [0.15, 0.2) is 0 Å². The van der Waals surface area contributed by atoms with Gasteiger partial charge in [0, 0.05) is 28.7 Å². The summed E-state index contributed by atoms with van der Waals surface area (Å²) >= 11 is 3.51. The molecule has 1 aliphatic rings. The van der Waals surface area contributed by atoms with Crippen LogP contribution in [-0.2, 0) is 13.1 Å². The molecule has 0 aromatic heterocycles. The molecule has 4 rings (SSSR count). The Hall–Kier alpha value is -3.12. The zero-order valence-corrected chi connectivity index (χ0v) is 16.6. The van der Waals surface area contributed by atoms with Crippen molar-refractivity contribution in [2.45, 2.75) is 13.1 Å². The average molecular weight is 436 g/mol. The van der Waals surface area contributed by atoms with Crippen LogP contribution in [0.5, 0.6) is 0 Å². The first-order valence-electron chi connectivity index (χ1n) is 8.84. The maximum Gasteiger partial charge on any atom is 0.255 e. The van der Waals surface area contributed by atoms with Gasteiger partial charge in [0.2, 0.25) is 0 Å². The normalized spacial score (nSPS) is 12.8. The quantitative estimate of drug-likeness (QED) is 0.594. The van der Waals surface area contributed by atoms with Crippen molar-refractivity contribution in [3.8, 4) is 0 Å². The second kappa shape index (κ2) is 7.48. The van der Waals surface area contributed by atoms with Crippen molar-refractivity contribution >= 4 is 39.1 Å². The van der Waals surface area contributed by atoms with Gasteiger partial charge in [-0.25, -0.2) is 0 Å². The van der Waals surface area contributed by atoms with Crippen molar-refractivity contribution < 1.29 is 9.59 Å². The van der Waals surface area contributed by atoms with Crippen molar-refractivity contribution in [1.29, 1.82) is 0 Å². The molecule has 1 heterocycles. The fourth-order valence-corrected chi connectivity index (χ4v) is 3.76. The number of benzene rings is 3. The molecular weight excluding hydrogens is 418 g/mol. The lowest BCUT2D eigenvalue weighted by Crippen LogP contribution is -2.23. The lowest BCUT2D eigenvalue weighted by Gasteiger charge is -2.16. The fourth-order valence-electron chi connectivity index (χ4n) is 3.27. The third-order valence-electron chi connectivity index (χ3n) is 4.78. The molecule has 0 saturated heterocycles. The van der Waals surface area contributed by atoms with Gasteiger partial charge in [-0.3, -0.25) is 9.59 Å². The highest BCUT2D eigenvalue weighted by molar-refractivity contribution is 9.10. The van der Waals surface area contributed by atoms with E-state index in [2.05, 4.69) is 21.2 Å². The summed E-state index contributed by atoms with van der Waals surface area (Å²) in [5.41, 5.74) is 10.2. The molecular formula is C22H18BrN3O2. The Balaban J connectivity index is 1.44. The second-order valence-electron chi connectivity index (χ2n) is 6.67. The Morgan fingerprint density at radius 3 is 2.50 bits per heavy atom. The van der Waals surface area contributed by atoms with Gasteiger partial charge in [-0.1, -0.05) is 46.3 Å². The number of anilines is 2. The predicted molar refractivity (Wildman–Crippen MR) is 113 cm³/mol. The third kappa shape index (κ3) is 3.51. The minimum Gasteiger partial charge on any atom is -0.397 e. The highest BCUT2D eigenvalue weighted by Crippen LogP contribution is 2.30. The maximum absolute atomic E-state index is 12.6. The number of hydrogen-bond donors (Lipinski definition) is 2.